The van der Waals surface area contributed by atoms with E-state index in [1.165, 1.54) is 0 Å². The van der Waals surface area contributed by atoms with Crippen molar-refractivity contribution in [3.05, 3.63) is 29.4 Å². The van der Waals surface area contributed by atoms with Crippen molar-refractivity contribution in [2.45, 2.75) is 19.8 Å². The number of unbranched alkanes of at least 4 members (excludes halogenated alkanes) is 1. The van der Waals surface area contributed by atoms with Crippen molar-refractivity contribution in [3.63, 3.8) is 0 Å². The molecule has 0 unspecified atom stereocenters. The van der Waals surface area contributed by atoms with Crippen LogP contribution < -0.4 is 11.1 Å². The quantitative estimate of drug-likeness (QED) is 0.642. The minimum Gasteiger partial charge on any atom is -0.397 e. The van der Waals surface area contributed by atoms with E-state index in [0.717, 1.165) is 36.0 Å². The monoisotopic (exact) mass is 249 g/mol. The summed E-state index contributed by atoms with van der Waals surface area (Å²) in [6.07, 6.45) is 4.04. The van der Waals surface area contributed by atoms with Gasteiger partial charge in [-0.15, -0.1) is 0 Å². The normalized spacial score (nSPS) is 10.7. The Hall–Kier alpha value is -1.48. The number of aromatic nitrogens is 1. The van der Waals surface area contributed by atoms with Gasteiger partial charge in [0.15, 0.2) is 0 Å². The Kier molecular flexibility index (Phi) is 3.69. The molecule has 0 aliphatic rings. The number of halogens is 1. The molecule has 3 N–H and O–H groups in total. The SMILES string of the molecule is CCCCNc1nccc2c(N)c(Cl)ccc12. The number of hydrogen-bond donors (Lipinski definition) is 2. The molecule has 1 aromatic carbocycles. The molecule has 3 nitrogen and oxygen atoms in total. The number of pyridine rings is 1. The second-order valence-corrected chi connectivity index (χ2v) is 4.40. The average Bonchev–Trinajstić information content (AvgIpc) is 2.35. The fraction of sp³-hybridized carbons (Fsp3) is 0.308. The first-order chi connectivity index (χ1) is 8.24. The van der Waals surface area contributed by atoms with Gasteiger partial charge in [-0.1, -0.05) is 24.9 Å². The van der Waals surface area contributed by atoms with Gasteiger partial charge in [-0.2, -0.15) is 0 Å². The standard InChI is InChI=1S/C13H16ClN3/c1-2-3-7-16-13-10-4-5-11(14)12(15)9(10)6-8-17-13/h4-6,8H,2-3,7,15H2,1H3,(H,16,17). The van der Waals surface area contributed by atoms with Crippen LogP contribution in [0.3, 0.4) is 0 Å². The van der Waals surface area contributed by atoms with E-state index < -0.39 is 0 Å². The zero-order valence-corrected chi connectivity index (χ0v) is 10.6. The largest absolute Gasteiger partial charge is 0.397 e. The van der Waals surface area contributed by atoms with Gasteiger partial charge in [0.25, 0.3) is 0 Å². The third kappa shape index (κ3) is 2.44. The van der Waals surface area contributed by atoms with E-state index in [1.807, 2.05) is 18.2 Å². The minimum absolute atomic E-state index is 0.586. The van der Waals surface area contributed by atoms with Gasteiger partial charge >= 0.3 is 0 Å². The molecule has 0 bridgehead atoms. The second kappa shape index (κ2) is 5.23. The van der Waals surface area contributed by atoms with Gasteiger partial charge in [0.1, 0.15) is 5.82 Å². The van der Waals surface area contributed by atoms with Crippen LogP contribution in [-0.2, 0) is 0 Å². The molecule has 0 aliphatic carbocycles. The molecule has 1 heterocycles. The molecule has 0 fully saturated rings. The van der Waals surface area contributed by atoms with Crippen molar-refractivity contribution in [2.75, 3.05) is 17.6 Å². The fourth-order valence-electron chi connectivity index (χ4n) is 1.78. The summed E-state index contributed by atoms with van der Waals surface area (Å²) in [4.78, 5) is 4.34. The molecule has 4 heteroatoms. The predicted molar refractivity (Wildman–Crippen MR) is 74.6 cm³/mol. The van der Waals surface area contributed by atoms with Gasteiger partial charge in [0, 0.05) is 23.5 Å². The molecule has 0 amide bonds. The molecular weight excluding hydrogens is 234 g/mol. The topological polar surface area (TPSA) is 50.9 Å². The van der Waals surface area contributed by atoms with Gasteiger partial charge in [0.2, 0.25) is 0 Å². The van der Waals surface area contributed by atoms with Crippen molar-refractivity contribution in [2.24, 2.45) is 0 Å². The fourth-order valence-corrected chi connectivity index (χ4v) is 1.94. The lowest BCUT2D eigenvalue weighted by Crippen LogP contribution is -2.03. The van der Waals surface area contributed by atoms with E-state index in [4.69, 9.17) is 17.3 Å². The smallest absolute Gasteiger partial charge is 0.133 e. The summed E-state index contributed by atoms with van der Waals surface area (Å²) in [6, 6.07) is 5.66. The lowest BCUT2D eigenvalue weighted by molar-refractivity contribution is 0.832. The molecule has 2 aromatic rings. The van der Waals surface area contributed by atoms with Gasteiger partial charge < -0.3 is 11.1 Å². The predicted octanol–water partition coefficient (Wildman–Crippen LogP) is 3.68. The molecular formula is C13H16ClN3. The van der Waals surface area contributed by atoms with Crippen LogP contribution in [0.1, 0.15) is 19.8 Å². The third-order valence-corrected chi connectivity index (χ3v) is 3.09. The maximum atomic E-state index is 6.00. The first-order valence-corrected chi connectivity index (χ1v) is 6.18. The summed E-state index contributed by atoms with van der Waals surface area (Å²) in [6.45, 7) is 3.08. The van der Waals surface area contributed by atoms with Crippen molar-refractivity contribution in [1.82, 2.24) is 4.98 Å². The number of benzene rings is 1. The zero-order chi connectivity index (χ0) is 12.3. The molecule has 17 heavy (non-hydrogen) atoms. The Balaban J connectivity index is 2.40. The number of fused-ring (bicyclic) bond motifs is 1. The number of hydrogen-bond acceptors (Lipinski definition) is 3. The summed E-state index contributed by atoms with van der Waals surface area (Å²) < 4.78 is 0. The average molecular weight is 250 g/mol. The maximum absolute atomic E-state index is 6.00. The van der Waals surface area contributed by atoms with E-state index in [-0.39, 0.29) is 0 Å². The zero-order valence-electron chi connectivity index (χ0n) is 9.83. The van der Waals surface area contributed by atoms with Crippen molar-refractivity contribution in [1.29, 1.82) is 0 Å². The number of rotatable bonds is 4. The van der Waals surface area contributed by atoms with Crippen molar-refractivity contribution < 1.29 is 0 Å². The molecule has 0 saturated carbocycles. The molecule has 0 aliphatic heterocycles. The highest BCUT2D eigenvalue weighted by atomic mass is 35.5. The minimum atomic E-state index is 0.586. The first kappa shape index (κ1) is 12.0. The van der Waals surface area contributed by atoms with Crippen LogP contribution in [0.25, 0.3) is 10.8 Å². The summed E-state index contributed by atoms with van der Waals surface area (Å²) in [7, 11) is 0. The van der Waals surface area contributed by atoms with E-state index >= 15 is 0 Å². The van der Waals surface area contributed by atoms with Crippen LogP contribution in [-0.4, -0.2) is 11.5 Å². The van der Waals surface area contributed by atoms with E-state index in [9.17, 15) is 0 Å². The van der Waals surface area contributed by atoms with Gasteiger partial charge in [-0.3, -0.25) is 0 Å². The molecule has 0 saturated heterocycles. The summed E-state index contributed by atoms with van der Waals surface area (Å²) in [5.41, 5.74) is 6.57. The Morgan fingerprint density at radius 2 is 2.12 bits per heavy atom. The third-order valence-electron chi connectivity index (χ3n) is 2.76. The van der Waals surface area contributed by atoms with Gasteiger partial charge in [-0.25, -0.2) is 4.98 Å². The van der Waals surface area contributed by atoms with Gasteiger partial charge in [-0.05, 0) is 24.6 Å². The lowest BCUT2D eigenvalue weighted by Gasteiger charge is -2.10. The number of nitrogen functional groups attached to an aromatic ring is 1. The molecule has 0 atom stereocenters. The number of anilines is 2. The Morgan fingerprint density at radius 1 is 1.29 bits per heavy atom. The Labute approximate surface area is 106 Å². The number of nitrogens with two attached hydrogens (primary N) is 1. The summed E-state index contributed by atoms with van der Waals surface area (Å²) in [5, 5.41) is 5.88. The number of nitrogens with zero attached hydrogens (tertiary/aromatic N) is 1. The van der Waals surface area contributed by atoms with Crippen LogP contribution in [0, 0.1) is 0 Å². The maximum Gasteiger partial charge on any atom is 0.133 e. The highest BCUT2D eigenvalue weighted by Gasteiger charge is 2.06. The van der Waals surface area contributed by atoms with Crippen LogP contribution >= 0.6 is 11.6 Å². The van der Waals surface area contributed by atoms with E-state index in [0.29, 0.717) is 10.7 Å². The highest BCUT2D eigenvalue weighted by Crippen LogP contribution is 2.31. The Morgan fingerprint density at radius 3 is 2.88 bits per heavy atom. The molecule has 0 radical (unpaired) electrons. The molecule has 2 rings (SSSR count). The summed E-state index contributed by atoms with van der Waals surface area (Å²) in [5.74, 6) is 0.874. The van der Waals surface area contributed by atoms with Crippen molar-refractivity contribution in [3.8, 4) is 0 Å². The van der Waals surface area contributed by atoms with Crippen LogP contribution in [0.2, 0.25) is 5.02 Å². The van der Waals surface area contributed by atoms with Gasteiger partial charge in [0.05, 0.1) is 10.7 Å². The van der Waals surface area contributed by atoms with E-state index in [2.05, 4.69) is 17.2 Å². The summed E-state index contributed by atoms with van der Waals surface area (Å²) >= 11 is 6.00. The van der Waals surface area contributed by atoms with E-state index in [1.54, 1.807) is 6.20 Å². The number of nitrogens with one attached hydrogen (secondary N) is 1. The first-order valence-electron chi connectivity index (χ1n) is 5.80. The van der Waals surface area contributed by atoms with Crippen LogP contribution in [0.5, 0.6) is 0 Å². The van der Waals surface area contributed by atoms with Crippen molar-refractivity contribution >= 4 is 33.9 Å². The van der Waals surface area contributed by atoms with Crippen LogP contribution in [0.4, 0.5) is 11.5 Å². The molecule has 90 valence electrons. The highest BCUT2D eigenvalue weighted by molar-refractivity contribution is 6.34. The van der Waals surface area contributed by atoms with Crippen LogP contribution in [0.15, 0.2) is 24.4 Å². The Bertz CT molecular complexity index is 525. The lowest BCUT2D eigenvalue weighted by atomic mass is 10.1. The molecule has 1 aromatic heterocycles. The second-order valence-electron chi connectivity index (χ2n) is 4.00. The molecule has 0 spiro atoms.